The zero-order valence-corrected chi connectivity index (χ0v) is 18.9. The molecule has 1 aliphatic heterocycles. The summed E-state index contributed by atoms with van der Waals surface area (Å²) in [4.78, 5) is 12.8. The van der Waals surface area contributed by atoms with E-state index >= 15 is 0 Å². The summed E-state index contributed by atoms with van der Waals surface area (Å²) in [6.07, 6.45) is 1.47. The Morgan fingerprint density at radius 2 is 2.07 bits per heavy atom. The first kappa shape index (κ1) is 23.0. The second kappa shape index (κ2) is 10.6. The number of hydrogen-bond donors (Lipinski definition) is 1. The Kier molecular flexibility index (Phi) is 8.12. The molecule has 2 aromatic rings. The summed E-state index contributed by atoms with van der Waals surface area (Å²) >= 11 is 0.986. The number of nitrogens with zero attached hydrogens (tertiary/aromatic N) is 3. The summed E-state index contributed by atoms with van der Waals surface area (Å²) in [5.41, 5.74) is 0.942. The van der Waals surface area contributed by atoms with Gasteiger partial charge in [-0.1, -0.05) is 6.07 Å². The van der Waals surface area contributed by atoms with Gasteiger partial charge in [0.2, 0.25) is 15.9 Å². The van der Waals surface area contributed by atoms with E-state index in [1.165, 1.54) is 4.31 Å². The molecule has 30 heavy (non-hydrogen) atoms. The van der Waals surface area contributed by atoms with Gasteiger partial charge in [-0.25, -0.2) is 8.42 Å². The summed E-state index contributed by atoms with van der Waals surface area (Å²) in [7, 11) is -3.76. The van der Waals surface area contributed by atoms with Crippen molar-refractivity contribution < 1.29 is 22.7 Å². The Hall–Kier alpha value is -1.66. The van der Waals surface area contributed by atoms with E-state index in [1.54, 1.807) is 18.2 Å². The lowest BCUT2D eigenvalue weighted by Gasteiger charge is -2.31. The standard InChI is InChI=1S/C19H28N4O5S2/c1-3-27-17(28-4-2)10-11-20-19(24)14-7-6-12-23(13-14)30(25,26)16-9-5-8-15-18(16)22-29-21-15/h5,8-9,14,17H,3-4,6-7,10-13H2,1-2H3,(H,20,24)/t14-/m0/s1. The van der Waals surface area contributed by atoms with Crippen LogP contribution >= 0.6 is 11.7 Å². The second-order valence-corrected chi connectivity index (χ2v) is 9.45. The van der Waals surface area contributed by atoms with Gasteiger partial charge in [0, 0.05) is 39.3 Å². The number of aromatic nitrogens is 2. The Morgan fingerprint density at radius 3 is 2.80 bits per heavy atom. The SMILES string of the molecule is CCOC(CCNC(=O)[C@H]1CCCN(S(=O)(=O)c2cccc3nsnc23)C1)OCC. The maximum atomic E-state index is 13.2. The highest BCUT2D eigenvalue weighted by Gasteiger charge is 2.34. The maximum absolute atomic E-state index is 13.2. The van der Waals surface area contributed by atoms with Crippen LogP contribution in [0, 0.1) is 5.92 Å². The van der Waals surface area contributed by atoms with E-state index in [-0.39, 0.29) is 29.6 Å². The van der Waals surface area contributed by atoms with Gasteiger partial charge in [0.15, 0.2) is 6.29 Å². The van der Waals surface area contributed by atoms with Crippen LogP contribution < -0.4 is 5.32 Å². The number of fused-ring (bicyclic) bond motifs is 1. The second-order valence-electron chi connectivity index (χ2n) is 7.01. The number of amides is 1. The van der Waals surface area contributed by atoms with Crippen LogP contribution in [-0.4, -0.2) is 66.5 Å². The van der Waals surface area contributed by atoms with Gasteiger partial charge in [-0.15, -0.1) is 0 Å². The molecule has 1 aromatic carbocycles. The van der Waals surface area contributed by atoms with Gasteiger partial charge in [0.25, 0.3) is 0 Å². The van der Waals surface area contributed by atoms with E-state index in [1.807, 2.05) is 13.8 Å². The molecule has 0 spiro atoms. The normalized spacial score (nSPS) is 18.2. The van der Waals surface area contributed by atoms with E-state index < -0.39 is 10.0 Å². The fourth-order valence-corrected chi connectivity index (χ4v) is 5.82. The topological polar surface area (TPSA) is 111 Å². The highest BCUT2D eigenvalue weighted by molar-refractivity contribution is 7.89. The molecule has 1 aliphatic rings. The Morgan fingerprint density at radius 1 is 1.30 bits per heavy atom. The van der Waals surface area contributed by atoms with Crippen LogP contribution in [0.15, 0.2) is 23.1 Å². The molecule has 1 amide bonds. The molecule has 1 N–H and O–H groups in total. The van der Waals surface area contributed by atoms with Gasteiger partial charge in [0.1, 0.15) is 15.9 Å². The summed E-state index contributed by atoms with van der Waals surface area (Å²) < 4.78 is 47.0. The summed E-state index contributed by atoms with van der Waals surface area (Å²) in [6, 6.07) is 4.95. The molecule has 11 heteroatoms. The lowest BCUT2D eigenvalue weighted by atomic mass is 9.99. The third-order valence-electron chi connectivity index (χ3n) is 5.01. The van der Waals surface area contributed by atoms with Crippen molar-refractivity contribution in [1.82, 2.24) is 18.4 Å². The quantitative estimate of drug-likeness (QED) is 0.544. The van der Waals surface area contributed by atoms with Gasteiger partial charge in [-0.3, -0.25) is 4.79 Å². The van der Waals surface area contributed by atoms with Crippen LogP contribution in [0.1, 0.15) is 33.1 Å². The maximum Gasteiger partial charge on any atom is 0.245 e. The number of carbonyl (C=O) groups excluding carboxylic acids is 1. The number of ether oxygens (including phenoxy) is 2. The molecular weight excluding hydrogens is 428 g/mol. The minimum atomic E-state index is -3.76. The Labute approximate surface area is 181 Å². The number of sulfonamides is 1. The largest absolute Gasteiger partial charge is 0.356 e. The van der Waals surface area contributed by atoms with E-state index in [0.717, 1.165) is 11.7 Å². The lowest BCUT2D eigenvalue weighted by Crippen LogP contribution is -2.45. The highest BCUT2D eigenvalue weighted by Crippen LogP contribution is 2.28. The third kappa shape index (κ3) is 5.33. The van der Waals surface area contributed by atoms with Gasteiger partial charge in [0.05, 0.1) is 17.6 Å². The molecular formula is C19H28N4O5S2. The van der Waals surface area contributed by atoms with Crippen LogP contribution in [0.3, 0.4) is 0 Å². The summed E-state index contributed by atoms with van der Waals surface area (Å²) in [5.74, 6) is -0.533. The van der Waals surface area contributed by atoms with Crippen molar-refractivity contribution in [1.29, 1.82) is 0 Å². The molecule has 0 aliphatic carbocycles. The van der Waals surface area contributed by atoms with Crippen LogP contribution in [0.5, 0.6) is 0 Å². The molecule has 9 nitrogen and oxygen atoms in total. The smallest absolute Gasteiger partial charge is 0.245 e. The minimum Gasteiger partial charge on any atom is -0.356 e. The Bertz CT molecular complexity index is 943. The van der Waals surface area contributed by atoms with E-state index in [4.69, 9.17) is 9.47 Å². The molecule has 0 saturated carbocycles. The first-order valence-corrected chi connectivity index (χ1v) is 12.4. The van der Waals surface area contributed by atoms with E-state index in [9.17, 15) is 13.2 Å². The number of hydrogen-bond acceptors (Lipinski definition) is 8. The van der Waals surface area contributed by atoms with Gasteiger partial charge in [-0.05, 0) is 38.8 Å². The fourth-order valence-electron chi connectivity index (χ4n) is 3.55. The number of carbonyl (C=O) groups is 1. The van der Waals surface area contributed by atoms with Crippen molar-refractivity contribution in [2.24, 2.45) is 5.92 Å². The summed E-state index contributed by atoms with van der Waals surface area (Å²) in [5, 5.41) is 2.90. The highest BCUT2D eigenvalue weighted by atomic mass is 32.2. The van der Waals surface area contributed by atoms with Crippen molar-refractivity contribution in [3.05, 3.63) is 18.2 Å². The molecule has 1 fully saturated rings. The first-order chi connectivity index (χ1) is 14.5. The van der Waals surface area contributed by atoms with Crippen LogP contribution in [-0.2, 0) is 24.3 Å². The van der Waals surface area contributed by atoms with Crippen molar-refractivity contribution in [2.45, 2.75) is 44.3 Å². The van der Waals surface area contributed by atoms with Crippen molar-refractivity contribution in [3.63, 3.8) is 0 Å². The molecule has 0 radical (unpaired) electrons. The number of rotatable bonds is 10. The minimum absolute atomic E-state index is 0.143. The molecule has 2 heterocycles. The zero-order chi connectivity index (χ0) is 21.6. The fraction of sp³-hybridized carbons (Fsp3) is 0.632. The number of piperidine rings is 1. The molecule has 1 saturated heterocycles. The first-order valence-electron chi connectivity index (χ1n) is 10.2. The zero-order valence-electron chi connectivity index (χ0n) is 17.2. The Balaban J connectivity index is 1.62. The third-order valence-corrected chi connectivity index (χ3v) is 7.45. The van der Waals surface area contributed by atoms with Crippen molar-refractivity contribution in [3.8, 4) is 0 Å². The van der Waals surface area contributed by atoms with Crippen LogP contribution in [0.2, 0.25) is 0 Å². The molecule has 0 bridgehead atoms. The molecule has 1 atom stereocenters. The predicted molar refractivity (Wildman–Crippen MR) is 114 cm³/mol. The average molecular weight is 457 g/mol. The average Bonchev–Trinajstić information content (AvgIpc) is 3.23. The predicted octanol–water partition coefficient (Wildman–Crippen LogP) is 2.00. The monoisotopic (exact) mass is 456 g/mol. The molecule has 1 aromatic heterocycles. The summed E-state index contributed by atoms with van der Waals surface area (Å²) in [6.45, 7) is 5.81. The molecule has 166 valence electrons. The molecule has 3 rings (SSSR count). The van der Waals surface area contributed by atoms with Gasteiger partial charge in [-0.2, -0.15) is 13.1 Å². The van der Waals surface area contributed by atoms with E-state index in [2.05, 4.69) is 14.1 Å². The lowest BCUT2D eigenvalue weighted by molar-refractivity contribution is -0.140. The van der Waals surface area contributed by atoms with Crippen molar-refractivity contribution in [2.75, 3.05) is 32.8 Å². The number of benzene rings is 1. The number of nitrogens with one attached hydrogen (secondary N) is 1. The van der Waals surface area contributed by atoms with Crippen molar-refractivity contribution >= 4 is 38.7 Å². The van der Waals surface area contributed by atoms with Gasteiger partial charge >= 0.3 is 0 Å². The molecule has 0 unspecified atom stereocenters. The van der Waals surface area contributed by atoms with Gasteiger partial charge < -0.3 is 14.8 Å². The van der Waals surface area contributed by atoms with Crippen LogP contribution in [0.4, 0.5) is 0 Å². The van der Waals surface area contributed by atoms with E-state index in [0.29, 0.717) is 56.6 Å². The van der Waals surface area contributed by atoms with Crippen LogP contribution in [0.25, 0.3) is 11.0 Å².